The number of carbonyl (C=O) groups is 1. The van der Waals surface area contributed by atoms with Crippen molar-refractivity contribution in [2.45, 2.75) is 12.8 Å². The lowest BCUT2D eigenvalue weighted by molar-refractivity contribution is -0.162. The zero-order valence-electron chi connectivity index (χ0n) is 6.91. The summed E-state index contributed by atoms with van der Waals surface area (Å²) in [6.45, 7) is 0. The highest BCUT2D eigenvalue weighted by Gasteiger charge is 2.17. The third-order valence-corrected chi connectivity index (χ3v) is 1.72. The largest absolute Gasteiger partial charge is 0.274 e. The molecule has 0 unspecified atom stereocenters. The molecule has 1 saturated carbocycles. The first-order valence-corrected chi connectivity index (χ1v) is 3.74. The molecule has 0 spiro atoms. The van der Waals surface area contributed by atoms with Gasteiger partial charge in [-0.2, -0.15) is 0 Å². The van der Waals surface area contributed by atoms with Gasteiger partial charge in [0, 0.05) is 13.1 Å². The van der Waals surface area contributed by atoms with Gasteiger partial charge >= 0.3 is 0 Å². The predicted molar refractivity (Wildman–Crippen MR) is 41.6 cm³/mol. The Balaban J connectivity index is 2.28. The van der Waals surface area contributed by atoms with E-state index >= 15 is 0 Å². The zero-order valence-corrected chi connectivity index (χ0v) is 6.91. The van der Waals surface area contributed by atoms with E-state index in [1.165, 1.54) is 25.0 Å². The van der Waals surface area contributed by atoms with Gasteiger partial charge < -0.3 is 0 Å². The predicted octanol–water partition coefficient (Wildman–Crippen LogP) is 0.972. The molecule has 62 valence electrons. The summed E-state index contributed by atoms with van der Waals surface area (Å²) in [5.41, 5.74) is 0. The van der Waals surface area contributed by atoms with E-state index in [0.717, 1.165) is 0 Å². The molecule has 0 bridgehead atoms. The lowest BCUT2D eigenvalue weighted by atomic mass is 10.3. The van der Waals surface area contributed by atoms with Crippen molar-refractivity contribution in [3.63, 3.8) is 0 Å². The van der Waals surface area contributed by atoms with E-state index in [0.29, 0.717) is 5.92 Å². The van der Waals surface area contributed by atoms with Crippen LogP contribution in [0, 0.1) is 5.92 Å². The van der Waals surface area contributed by atoms with E-state index in [9.17, 15) is 4.79 Å². The lowest BCUT2D eigenvalue weighted by Gasteiger charge is -2.09. The van der Waals surface area contributed by atoms with E-state index in [1.807, 2.05) is 6.08 Å². The maximum Gasteiger partial charge on any atom is 0.269 e. The van der Waals surface area contributed by atoms with Crippen molar-refractivity contribution in [3.8, 4) is 0 Å². The van der Waals surface area contributed by atoms with Gasteiger partial charge in [-0.1, -0.05) is 6.08 Å². The summed E-state index contributed by atoms with van der Waals surface area (Å²) in [7, 11) is 3.07. The Morgan fingerprint density at radius 2 is 2.27 bits per heavy atom. The third-order valence-electron chi connectivity index (χ3n) is 1.72. The average molecular weight is 155 g/mol. The van der Waals surface area contributed by atoms with Crippen LogP contribution in [0.4, 0.5) is 0 Å². The molecule has 0 aromatic heterocycles. The minimum Gasteiger partial charge on any atom is -0.274 e. The van der Waals surface area contributed by atoms with Crippen LogP contribution < -0.4 is 0 Å². The van der Waals surface area contributed by atoms with Gasteiger partial charge in [0.1, 0.15) is 0 Å². The van der Waals surface area contributed by atoms with Crippen molar-refractivity contribution in [2.24, 2.45) is 5.92 Å². The molecule has 1 aliphatic rings. The van der Waals surface area contributed by atoms with Crippen LogP contribution in [-0.4, -0.2) is 25.1 Å². The number of rotatable bonds is 3. The number of amides is 1. The first-order chi connectivity index (χ1) is 5.24. The van der Waals surface area contributed by atoms with Gasteiger partial charge in [0.25, 0.3) is 5.91 Å². The molecule has 0 saturated heterocycles. The second kappa shape index (κ2) is 3.53. The van der Waals surface area contributed by atoms with Crippen molar-refractivity contribution in [3.05, 3.63) is 12.2 Å². The van der Waals surface area contributed by atoms with Gasteiger partial charge in [-0.3, -0.25) is 9.63 Å². The van der Waals surface area contributed by atoms with Crippen molar-refractivity contribution in [1.29, 1.82) is 0 Å². The zero-order chi connectivity index (χ0) is 8.27. The first-order valence-electron chi connectivity index (χ1n) is 3.74. The standard InChI is InChI=1S/C8H13NO2/c1-9(11-2)8(10)6-5-7-3-4-7/h5-7H,3-4H2,1-2H3. The fourth-order valence-electron chi connectivity index (χ4n) is 0.702. The molecule has 3 heteroatoms. The van der Waals surface area contributed by atoms with Gasteiger partial charge in [0.2, 0.25) is 0 Å². The molecule has 1 fully saturated rings. The summed E-state index contributed by atoms with van der Waals surface area (Å²) >= 11 is 0. The second-order valence-electron chi connectivity index (χ2n) is 2.71. The molecule has 0 N–H and O–H groups in total. The van der Waals surface area contributed by atoms with Crippen LogP contribution >= 0.6 is 0 Å². The lowest BCUT2D eigenvalue weighted by Crippen LogP contribution is -2.23. The van der Waals surface area contributed by atoms with Crippen molar-refractivity contribution in [1.82, 2.24) is 5.06 Å². The van der Waals surface area contributed by atoms with E-state index in [4.69, 9.17) is 4.84 Å². The molecule has 1 aliphatic carbocycles. The maximum absolute atomic E-state index is 11.0. The van der Waals surface area contributed by atoms with Gasteiger partial charge in [-0.25, -0.2) is 5.06 Å². The second-order valence-corrected chi connectivity index (χ2v) is 2.71. The minimum atomic E-state index is -0.0978. The van der Waals surface area contributed by atoms with Crippen molar-refractivity contribution >= 4 is 5.91 Å². The SMILES string of the molecule is CON(C)C(=O)C=CC1CC1. The smallest absolute Gasteiger partial charge is 0.269 e. The Labute approximate surface area is 66.6 Å². The summed E-state index contributed by atoms with van der Waals surface area (Å²) in [4.78, 5) is 15.7. The maximum atomic E-state index is 11.0. The molecule has 0 aromatic rings. The summed E-state index contributed by atoms with van der Waals surface area (Å²) < 4.78 is 0. The third kappa shape index (κ3) is 2.72. The summed E-state index contributed by atoms with van der Waals surface area (Å²) in [5, 5.41) is 1.21. The fourth-order valence-corrected chi connectivity index (χ4v) is 0.702. The first kappa shape index (κ1) is 8.27. The number of carbonyl (C=O) groups excluding carboxylic acids is 1. The molecule has 0 aromatic carbocycles. The van der Waals surface area contributed by atoms with Gasteiger partial charge in [0.15, 0.2) is 0 Å². The van der Waals surface area contributed by atoms with Crippen LogP contribution in [0.5, 0.6) is 0 Å². The highest BCUT2D eigenvalue weighted by Crippen LogP contribution is 2.29. The number of hydrogen-bond donors (Lipinski definition) is 0. The van der Waals surface area contributed by atoms with E-state index in [1.54, 1.807) is 13.1 Å². The molecule has 3 nitrogen and oxygen atoms in total. The van der Waals surface area contributed by atoms with E-state index < -0.39 is 0 Å². The van der Waals surface area contributed by atoms with Crippen molar-refractivity contribution in [2.75, 3.05) is 14.2 Å². The topological polar surface area (TPSA) is 29.5 Å². The van der Waals surface area contributed by atoms with Crippen LogP contribution in [0.15, 0.2) is 12.2 Å². The quantitative estimate of drug-likeness (QED) is 0.449. The summed E-state index contributed by atoms with van der Waals surface area (Å²) in [6.07, 6.45) is 5.96. The molecule has 0 heterocycles. The molecular formula is C8H13NO2. The Kier molecular flexibility index (Phi) is 2.65. The van der Waals surface area contributed by atoms with Crippen LogP contribution in [0.3, 0.4) is 0 Å². The molecule has 11 heavy (non-hydrogen) atoms. The number of nitrogens with zero attached hydrogens (tertiary/aromatic N) is 1. The summed E-state index contributed by atoms with van der Waals surface area (Å²) in [5.74, 6) is 0.545. The molecular weight excluding hydrogens is 142 g/mol. The minimum absolute atomic E-state index is 0.0978. The summed E-state index contributed by atoms with van der Waals surface area (Å²) in [6, 6.07) is 0. The molecule has 0 atom stereocenters. The Hall–Kier alpha value is -0.830. The molecule has 0 radical (unpaired) electrons. The van der Waals surface area contributed by atoms with Gasteiger partial charge in [-0.05, 0) is 18.8 Å². The molecule has 1 amide bonds. The average Bonchev–Trinajstić information content (AvgIpc) is 2.81. The van der Waals surface area contributed by atoms with E-state index in [-0.39, 0.29) is 5.91 Å². The Morgan fingerprint density at radius 1 is 1.64 bits per heavy atom. The van der Waals surface area contributed by atoms with Gasteiger partial charge in [0.05, 0.1) is 7.11 Å². The fraction of sp³-hybridized carbons (Fsp3) is 0.625. The van der Waals surface area contributed by atoms with Crippen LogP contribution in [-0.2, 0) is 9.63 Å². The number of allylic oxidation sites excluding steroid dienone is 1. The highest BCUT2D eigenvalue weighted by molar-refractivity contribution is 5.86. The monoisotopic (exact) mass is 155 g/mol. The molecule has 1 rings (SSSR count). The number of likely N-dealkylation sites (N-methyl/N-ethyl adjacent to an activating group) is 1. The van der Waals surface area contributed by atoms with Crippen LogP contribution in [0.25, 0.3) is 0 Å². The molecule has 0 aliphatic heterocycles. The normalized spacial score (nSPS) is 17.3. The Morgan fingerprint density at radius 3 is 2.73 bits per heavy atom. The van der Waals surface area contributed by atoms with Gasteiger partial charge in [-0.15, -0.1) is 0 Å². The van der Waals surface area contributed by atoms with Crippen LogP contribution in [0.2, 0.25) is 0 Å². The van der Waals surface area contributed by atoms with Crippen LogP contribution in [0.1, 0.15) is 12.8 Å². The van der Waals surface area contributed by atoms with Crippen molar-refractivity contribution < 1.29 is 9.63 Å². The van der Waals surface area contributed by atoms with E-state index in [2.05, 4.69) is 0 Å². The Bertz CT molecular complexity index is 173. The highest BCUT2D eigenvalue weighted by atomic mass is 16.7. The number of hydrogen-bond acceptors (Lipinski definition) is 2. The number of hydroxylamine groups is 2.